The highest BCUT2D eigenvalue weighted by Crippen LogP contribution is 2.14. The van der Waals surface area contributed by atoms with Gasteiger partial charge in [-0.3, -0.25) is 9.59 Å². The van der Waals surface area contributed by atoms with Gasteiger partial charge < -0.3 is 20.7 Å². The van der Waals surface area contributed by atoms with E-state index in [-0.39, 0.29) is 30.4 Å². The van der Waals surface area contributed by atoms with Gasteiger partial charge in [-0.1, -0.05) is 20.3 Å². The summed E-state index contributed by atoms with van der Waals surface area (Å²) in [7, 11) is 0. The van der Waals surface area contributed by atoms with Crippen LogP contribution in [0.4, 0.5) is 0 Å². The zero-order valence-corrected chi connectivity index (χ0v) is 12.9. The van der Waals surface area contributed by atoms with E-state index in [1.165, 1.54) is 0 Å². The van der Waals surface area contributed by atoms with Crippen LogP contribution in [0.2, 0.25) is 0 Å². The SMILES string of the molecule is CC[C@H](C)[C@H](N)C(=O)N1CCOCC1C(=O)NC(C)C. The van der Waals surface area contributed by atoms with Crippen molar-refractivity contribution in [2.75, 3.05) is 19.8 Å². The van der Waals surface area contributed by atoms with E-state index in [9.17, 15) is 9.59 Å². The maximum absolute atomic E-state index is 12.5. The molecule has 0 aromatic rings. The molecule has 1 saturated heterocycles. The summed E-state index contributed by atoms with van der Waals surface area (Å²) in [5.41, 5.74) is 6.00. The van der Waals surface area contributed by atoms with Crippen molar-refractivity contribution in [3.63, 3.8) is 0 Å². The second-order valence-corrected chi connectivity index (χ2v) is 5.70. The number of carbonyl (C=O) groups is 2. The topological polar surface area (TPSA) is 84.7 Å². The van der Waals surface area contributed by atoms with Crippen LogP contribution < -0.4 is 11.1 Å². The molecule has 1 aliphatic rings. The Morgan fingerprint density at radius 1 is 1.40 bits per heavy atom. The summed E-state index contributed by atoms with van der Waals surface area (Å²) in [5, 5.41) is 2.83. The average molecular weight is 285 g/mol. The third-order valence-corrected chi connectivity index (χ3v) is 3.69. The van der Waals surface area contributed by atoms with Gasteiger partial charge in [0.25, 0.3) is 0 Å². The predicted octanol–water partition coefficient (Wildman–Crippen LogP) is 0.112. The molecule has 3 N–H and O–H groups in total. The van der Waals surface area contributed by atoms with E-state index in [1.54, 1.807) is 4.90 Å². The number of carbonyl (C=O) groups excluding carboxylic acids is 2. The summed E-state index contributed by atoms with van der Waals surface area (Å²) in [6.07, 6.45) is 0.833. The molecule has 6 nitrogen and oxygen atoms in total. The number of nitrogens with zero attached hydrogens (tertiary/aromatic N) is 1. The van der Waals surface area contributed by atoms with Gasteiger partial charge in [-0.2, -0.15) is 0 Å². The van der Waals surface area contributed by atoms with E-state index in [0.29, 0.717) is 13.2 Å². The predicted molar refractivity (Wildman–Crippen MR) is 77.0 cm³/mol. The fraction of sp³-hybridized carbons (Fsp3) is 0.857. The van der Waals surface area contributed by atoms with Crippen molar-refractivity contribution >= 4 is 11.8 Å². The number of morpholine rings is 1. The average Bonchev–Trinajstić information content (AvgIpc) is 2.44. The summed E-state index contributed by atoms with van der Waals surface area (Å²) in [5.74, 6) is -0.241. The highest BCUT2D eigenvalue weighted by atomic mass is 16.5. The lowest BCUT2D eigenvalue weighted by Gasteiger charge is -2.37. The molecule has 1 unspecified atom stereocenters. The van der Waals surface area contributed by atoms with Crippen molar-refractivity contribution in [2.24, 2.45) is 11.7 Å². The van der Waals surface area contributed by atoms with E-state index >= 15 is 0 Å². The van der Waals surface area contributed by atoms with E-state index < -0.39 is 12.1 Å². The normalized spacial score (nSPS) is 22.5. The second kappa shape index (κ2) is 7.59. The minimum absolute atomic E-state index is 0.0321. The monoisotopic (exact) mass is 285 g/mol. The van der Waals surface area contributed by atoms with E-state index in [1.807, 2.05) is 27.7 Å². The summed E-state index contributed by atoms with van der Waals surface area (Å²) in [6.45, 7) is 8.82. The van der Waals surface area contributed by atoms with Gasteiger partial charge in [-0.25, -0.2) is 0 Å². The lowest BCUT2D eigenvalue weighted by molar-refractivity contribution is -0.150. The maximum Gasteiger partial charge on any atom is 0.245 e. The van der Waals surface area contributed by atoms with E-state index in [4.69, 9.17) is 10.5 Å². The van der Waals surface area contributed by atoms with Crippen LogP contribution >= 0.6 is 0 Å². The summed E-state index contributed by atoms with van der Waals surface area (Å²) in [6, 6.07) is -1.11. The van der Waals surface area contributed by atoms with Gasteiger partial charge in [0.1, 0.15) is 6.04 Å². The van der Waals surface area contributed by atoms with Crippen LogP contribution in [0.3, 0.4) is 0 Å². The Morgan fingerprint density at radius 3 is 2.60 bits per heavy atom. The van der Waals surface area contributed by atoms with Gasteiger partial charge in [0.15, 0.2) is 0 Å². The van der Waals surface area contributed by atoms with Gasteiger partial charge in [0.2, 0.25) is 11.8 Å². The molecule has 0 bridgehead atoms. The zero-order valence-electron chi connectivity index (χ0n) is 12.9. The molecule has 0 aromatic carbocycles. The van der Waals surface area contributed by atoms with Crippen LogP contribution in [-0.4, -0.2) is 54.6 Å². The smallest absolute Gasteiger partial charge is 0.245 e. The minimum atomic E-state index is -0.575. The minimum Gasteiger partial charge on any atom is -0.377 e. The van der Waals surface area contributed by atoms with E-state index in [0.717, 1.165) is 6.42 Å². The maximum atomic E-state index is 12.5. The highest BCUT2D eigenvalue weighted by Gasteiger charge is 2.36. The van der Waals surface area contributed by atoms with Crippen molar-refractivity contribution < 1.29 is 14.3 Å². The first-order chi connectivity index (χ1) is 9.38. The molecule has 6 heteroatoms. The van der Waals surface area contributed by atoms with Gasteiger partial charge in [-0.15, -0.1) is 0 Å². The number of amides is 2. The molecule has 1 fully saturated rings. The number of nitrogens with one attached hydrogen (secondary N) is 1. The molecule has 0 aliphatic carbocycles. The van der Waals surface area contributed by atoms with Crippen LogP contribution in [0.15, 0.2) is 0 Å². The quantitative estimate of drug-likeness (QED) is 0.751. The summed E-state index contributed by atoms with van der Waals surface area (Å²) >= 11 is 0. The van der Waals surface area contributed by atoms with Crippen LogP contribution in [0, 0.1) is 5.92 Å². The van der Waals surface area contributed by atoms with Gasteiger partial charge >= 0.3 is 0 Å². The molecule has 0 radical (unpaired) electrons. The lowest BCUT2D eigenvalue weighted by atomic mass is 9.98. The van der Waals surface area contributed by atoms with Gasteiger partial charge in [0.05, 0.1) is 19.3 Å². The fourth-order valence-electron chi connectivity index (χ4n) is 2.15. The first kappa shape index (κ1) is 16.9. The number of nitrogens with two attached hydrogens (primary N) is 1. The number of hydrogen-bond acceptors (Lipinski definition) is 4. The first-order valence-corrected chi connectivity index (χ1v) is 7.32. The Morgan fingerprint density at radius 2 is 2.05 bits per heavy atom. The molecule has 1 aliphatic heterocycles. The van der Waals surface area contributed by atoms with Crippen LogP contribution in [-0.2, 0) is 14.3 Å². The Hall–Kier alpha value is -1.14. The molecular weight excluding hydrogens is 258 g/mol. The number of ether oxygens (including phenoxy) is 1. The molecule has 2 amide bonds. The van der Waals surface area contributed by atoms with Crippen molar-refractivity contribution in [1.29, 1.82) is 0 Å². The molecule has 0 aromatic heterocycles. The van der Waals surface area contributed by atoms with Crippen molar-refractivity contribution in [2.45, 2.75) is 52.2 Å². The number of hydrogen-bond donors (Lipinski definition) is 2. The first-order valence-electron chi connectivity index (χ1n) is 7.32. The molecular formula is C14H27N3O3. The fourth-order valence-corrected chi connectivity index (χ4v) is 2.15. The number of rotatable bonds is 5. The second-order valence-electron chi connectivity index (χ2n) is 5.70. The van der Waals surface area contributed by atoms with Gasteiger partial charge in [-0.05, 0) is 19.8 Å². The van der Waals surface area contributed by atoms with Crippen molar-refractivity contribution in [3.05, 3.63) is 0 Å². The van der Waals surface area contributed by atoms with Crippen LogP contribution in [0.5, 0.6) is 0 Å². The van der Waals surface area contributed by atoms with E-state index in [2.05, 4.69) is 5.32 Å². The zero-order chi connectivity index (χ0) is 15.3. The Labute approximate surface area is 121 Å². The molecule has 0 spiro atoms. The van der Waals surface area contributed by atoms with Crippen molar-refractivity contribution in [3.8, 4) is 0 Å². The largest absolute Gasteiger partial charge is 0.377 e. The Balaban J connectivity index is 2.78. The standard InChI is InChI=1S/C14H27N3O3/c1-5-10(4)12(15)14(19)17-6-7-20-8-11(17)13(18)16-9(2)3/h9-12H,5-8,15H2,1-4H3,(H,16,18)/t10-,11?,12-/m0/s1. The third kappa shape index (κ3) is 4.18. The Kier molecular flexibility index (Phi) is 6.42. The van der Waals surface area contributed by atoms with Crippen molar-refractivity contribution in [1.82, 2.24) is 10.2 Å². The third-order valence-electron chi connectivity index (χ3n) is 3.69. The molecule has 0 saturated carbocycles. The van der Waals surface area contributed by atoms with Crippen LogP contribution in [0.1, 0.15) is 34.1 Å². The molecule has 116 valence electrons. The summed E-state index contributed by atoms with van der Waals surface area (Å²) < 4.78 is 5.34. The summed E-state index contributed by atoms with van der Waals surface area (Å²) in [4.78, 5) is 26.2. The highest BCUT2D eigenvalue weighted by molar-refractivity contribution is 5.90. The molecule has 1 heterocycles. The molecule has 3 atom stereocenters. The lowest BCUT2D eigenvalue weighted by Crippen LogP contribution is -2.60. The van der Waals surface area contributed by atoms with Crippen LogP contribution in [0.25, 0.3) is 0 Å². The molecule has 20 heavy (non-hydrogen) atoms. The Bertz CT molecular complexity index is 347. The van der Waals surface area contributed by atoms with Gasteiger partial charge in [0, 0.05) is 12.6 Å². The molecule has 1 rings (SSSR count).